The first kappa shape index (κ1) is 12.9. The highest BCUT2D eigenvalue weighted by Gasteiger charge is 2.22. The Morgan fingerprint density at radius 3 is 1.77 bits per heavy atom. The summed E-state index contributed by atoms with van der Waals surface area (Å²) in [4.78, 5) is 0. The van der Waals surface area contributed by atoms with Crippen LogP contribution < -0.4 is 5.32 Å². The van der Waals surface area contributed by atoms with Gasteiger partial charge >= 0.3 is 0 Å². The number of hydrogen-bond donors (Lipinski definition) is 1. The molecule has 0 unspecified atom stereocenters. The Morgan fingerprint density at radius 2 is 1.46 bits per heavy atom. The summed E-state index contributed by atoms with van der Waals surface area (Å²) < 4.78 is 10.8. The molecule has 3 nitrogen and oxygen atoms in total. The Balaban J connectivity index is 3.84. The van der Waals surface area contributed by atoms with Crippen molar-refractivity contribution in [1.82, 2.24) is 5.32 Å². The lowest BCUT2D eigenvalue weighted by Crippen LogP contribution is -2.50. The average Bonchev–Trinajstić information content (AvgIpc) is 2.12. The molecule has 0 spiro atoms. The summed E-state index contributed by atoms with van der Waals surface area (Å²) in [5, 5.41) is 3.38. The van der Waals surface area contributed by atoms with E-state index in [4.69, 9.17) is 9.47 Å². The van der Waals surface area contributed by atoms with Crippen molar-refractivity contribution in [2.24, 2.45) is 0 Å². The van der Waals surface area contributed by atoms with Gasteiger partial charge in [-0.15, -0.1) is 0 Å². The van der Waals surface area contributed by atoms with Crippen LogP contribution in [0.15, 0.2) is 0 Å². The largest absolute Gasteiger partial charge is 0.380 e. The molecule has 80 valence electrons. The normalized spacial score (nSPS) is 12.0. The minimum absolute atomic E-state index is 0.0409. The van der Waals surface area contributed by atoms with Gasteiger partial charge in [-0.05, 0) is 27.3 Å². The lowest BCUT2D eigenvalue weighted by Gasteiger charge is -2.29. The van der Waals surface area contributed by atoms with E-state index in [0.29, 0.717) is 13.2 Å². The van der Waals surface area contributed by atoms with E-state index in [-0.39, 0.29) is 5.54 Å². The lowest BCUT2D eigenvalue weighted by atomic mass is 10.1. The van der Waals surface area contributed by atoms with Gasteiger partial charge in [-0.25, -0.2) is 0 Å². The van der Waals surface area contributed by atoms with Gasteiger partial charge in [0, 0.05) is 13.2 Å². The number of hydrogen-bond acceptors (Lipinski definition) is 3. The second-order valence-corrected chi connectivity index (χ2v) is 3.37. The van der Waals surface area contributed by atoms with E-state index in [1.165, 1.54) is 0 Å². The molecule has 13 heavy (non-hydrogen) atoms. The highest BCUT2D eigenvalue weighted by atomic mass is 16.5. The predicted octanol–water partition coefficient (Wildman–Crippen LogP) is 1.43. The molecule has 0 heterocycles. The standard InChI is InChI=1S/C10H23NO2/c1-5-11-10(4,8-12-6-2)9-13-7-3/h11H,5-9H2,1-4H3. The number of likely N-dealkylation sites (N-methyl/N-ethyl adjacent to an activating group) is 1. The average molecular weight is 189 g/mol. The minimum atomic E-state index is -0.0409. The fourth-order valence-corrected chi connectivity index (χ4v) is 1.23. The highest BCUT2D eigenvalue weighted by Crippen LogP contribution is 2.05. The van der Waals surface area contributed by atoms with Crippen LogP contribution in [0.5, 0.6) is 0 Å². The van der Waals surface area contributed by atoms with E-state index >= 15 is 0 Å². The zero-order valence-corrected chi connectivity index (χ0v) is 9.35. The number of ether oxygens (including phenoxy) is 2. The molecule has 0 fully saturated rings. The molecule has 0 aliphatic heterocycles. The SMILES string of the molecule is CCNC(C)(COCC)COCC. The molecule has 0 aliphatic rings. The quantitative estimate of drug-likeness (QED) is 0.626. The third-order valence-corrected chi connectivity index (χ3v) is 1.85. The van der Waals surface area contributed by atoms with E-state index < -0.39 is 0 Å². The maximum atomic E-state index is 5.41. The molecule has 0 saturated heterocycles. The minimum Gasteiger partial charge on any atom is -0.380 e. The van der Waals surface area contributed by atoms with Crippen LogP contribution in [-0.4, -0.2) is 38.5 Å². The van der Waals surface area contributed by atoms with Gasteiger partial charge in [0.1, 0.15) is 0 Å². The van der Waals surface area contributed by atoms with E-state index in [9.17, 15) is 0 Å². The van der Waals surface area contributed by atoms with Crippen LogP contribution in [0.25, 0.3) is 0 Å². The molecule has 0 radical (unpaired) electrons. The first-order valence-electron chi connectivity index (χ1n) is 5.09. The molecule has 0 aromatic rings. The molecule has 1 N–H and O–H groups in total. The Morgan fingerprint density at radius 1 is 1.00 bits per heavy atom. The molecule has 0 aromatic heterocycles. The van der Waals surface area contributed by atoms with Crippen LogP contribution in [0, 0.1) is 0 Å². The van der Waals surface area contributed by atoms with Crippen LogP contribution in [-0.2, 0) is 9.47 Å². The smallest absolute Gasteiger partial charge is 0.0668 e. The Bertz CT molecular complexity index is 109. The van der Waals surface area contributed by atoms with Gasteiger partial charge in [-0.2, -0.15) is 0 Å². The summed E-state index contributed by atoms with van der Waals surface area (Å²) in [5.74, 6) is 0. The number of nitrogens with one attached hydrogen (secondary N) is 1. The molecule has 0 bridgehead atoms. The molecule has 0 saturated carbocycles. The van der Waals surface area contributed by atoms with Crippen LogP contribution in [0.1, 0.15) is 27.7 Å². The van der Waals surface area contributed by atoms with Gasteiger partial charge in [-0.3, -0.25) is 0 Å². The maximum Gasteiger partial charge on any atom is 0.0668 e. The zero-order valence-electron chi connectivity index (χ0n) is 9.35. The highest BCUT2D eigenvalue weighted by molar-refractivity contribution is 4.82. The van der Waals surface area contributed by atoms with Gasteiger partial charge in [0.25, 0.3) is 0 Å². The van der Waals surface area contributed by atoms with Gasteiger partial charge in [0.15, 0.2) is 0 Å². The molecule has 0 amide bonds. The van der Waals surface area contributed by atoms with Gasteiger partial charge in [-0.1, -0.05) is 6.92 Å². The molecule has 3 heteroatoms. The summed E-state index contributed by atoms with van der Waals surface area (Å²) in [7, 11) is 0. The molecule has 0 aromatic carbocycles. The van der Waals surface area contributed by atoms with Gasteiger partial charge in [0.05, 0.1) is 18.8 Å². The first-order chi connectivity index (χ1) is 6.18. The number of rotatable bonds is 8. The van der Waals surface area contributed by atoms with Gasteiger partial charge in [0.2, 0.25) is 0 Å². The monoisotopic (exact) mass is 189 g/mol. The van der Waals surface area contributed by atoms with Gasteiger partial charge < -0.3 is 14.8 Å². The van der Waals surface area contributed by atoms with Crippen molar-refractivity contribution in [1.29, 1.82) is 0 Å². The van der Waals surface area contributed by atoms with Crippen molar-refractivity contribution < 1.29 is 9.47 Å². The molecular weight excluding hydrogens is 166 g/mol. The second kappa shape index (κ2) is 7.30. The van der Waals surface area contributed by atoms with Crippen molar-refractivity contribution in [2.75, 3.05) is 33.0 Å². The van der Waals surface area contributed by atoms with Crippen LogP contribution in [0.3, 0.4) is 0 Å². The third kappa shape index (κ3) is 6.02. The summed E-state index contributed by atoms with van der Waals surface area (Å²) in [6, 6.07) is 0. The summed E-state index contributed by atoms with van der Waals surface area (Å²) in [6.07, 6.45) is 0. The fourth-order valence-electron chi connectivity index (χ4n) is 1.23. The summed E-state index contributed by atoms with van der Waals surface area (Å²) in [5.41, 5.74) is -0.0409. The summed E-state index contributed by atoms with van der Waals surface area (Å²) >= 11 is 0. The molecule has 0 atom stereocenters. The lowest BCUT2D eigenvalue weighted by molar-refractivity contribution is 0.0215. The van der Waals surface area contributed by atoms with E-state index in [2.05, 4.69) is 19.2 Å². The maximum absolute atomic E-state index is 5.41. The zero-order chi connectivity index (χ0) is 10.2. The van der Waals surface area contributed by atoms with E-state index in [0.717, 1.165) is 19.8 Å². The predicted molar refractivity (Wildman–Crippen MR) is 55.1 cm³/mol. The molecule has 0 aliphatic carbocycles. The second-order valence-electron chi connectivity index (χ2n) is 3.37. The summed E-state index contributed by atoms with van der Waals surface area (Å²) in [6.45, 7) is 12.1. The van der Waals surface area contributed by atoms with Crippen LogP contribution in [0.2, 0.25) is 0 Å². The topological polar surface area (TPSA) is 30.5 Å². The van der Waals surface area contributed by atoms with Crippen molar-refractivity contribution in [3.63, 3.8) is 0 Å². The van der Waals surface area contributed by atoms with Crippen molar-refractivity contribution in [3.8, 4) is 0 Å². The Labute approximate surface area is 81.8 Å². The molecular formula is C10H23NO2. The van der Waals surface area contributed by atoms with Crippen molar-refractivity contribution in [2.45, 2.75) is 33.2 Å². The Hall–Kier alpha value is -0.120. The Kier molecular flexibility index (Phi) is 7.23. The van der Waals surface area contributed by atoms with Crippen LogP contribution in [0.4, 0.5) is 0 Å². The first-order valence-corrected chi connectivity index (χ1v) is 5.09. The van der Waals surface area contributed by atoms with Crippen LogP contribution >= 0.6 is 0 Å². The van der Waals surface area contributed by atoms with Crippen molar-refractivity contribution in [3.05, 3.63) is 0 Å². The van der Waals surface area contributed by atoms with E-state index in [1.54, 1.807) is 0 Å². The van der Waals surface area contributed by atoms with E-state index in [1.807, 2.05) is 13.8 Å². The third-order valence-electron chi connectivity index (χ3n) is 1.85. The molecule has 0 rings (SSSR count). The van der Waals surface area contributed by atoms with Crippen molar-refractivity contribution >= 4 is 0 Å². The fraction of sp³-hybridized carbons (Fsp3) is 1.00.